The van der Waals surface area contributed by atoms with E-state index in [1.54, 1.807) is 12.1 Å². The van der Waals surface area contributed by atoms with Gasteiger partial charge in [-0.05, 0) is 40.2 Å². The number of hydrogen-bond donors (Lipinski definition) is 1. The van der Waals surface area contributed by atoms with Gasteiger partial charge in [-0.2, -0.15) is 0 Å². The van der Waals surface area contributed by atoms with Crippen LogP contribution in [0.15, 0.2) is 40.8 Å². The third-order valence-corrected chi connectivity index (χ3v) is 4.50. The number of phenols is 1. The van der Waals surface area contributed by atoms with E-state index in [1.807, 2.05) is 12.1 Å². The van der Waals surface area contributed by atoms with E-state index in [0.29, 0.717) is 12.3 Å². The number of nitrogens with zero attached hydrogens (tertiary/aromatic N) is 1. The summed E-state index contributed by atoms with van der Waals surface area (Å²) in [5.74, 6) is 0.975. The van der Waals surface area contributed by atoms with Crippen molar-refractivity contribution in [3.05, 3.63) is 59.0 Å². The molecule has 3 nitrogen and oxygen atoms in total. The summed E-state index contributed by atoms with van der Waals surface area (Å²) in [5.41, 5.74) is 5.38. The molecule has 25 heavy (non-hydrogen) atoms. The molecule has 0 fully saturated rings. The van der Waals surface area contributed by atoms with Crippen LogP contribution in [0.2, 0.25) is 0 Å². The Kier molecular flexibility index (Phi) is 4.14. The van der Waals surface area contributed by atoms with Crippen molar-refractivity contribution in [1.82, 2.24) is 4.98 Å². The van der Waals surface area contributed by atoms with Gasteiger partial charge >= 0.3 is 0 Å². The van der Waals surface area contributed by atoms with Gasteiger partial charge in [-0.1, -0.05) is 59.7 Å². The van der Waals surface area contributed by atoms with Crippen LogP contribution in [-0.2, 0) is 17.3 Å². The van der Waals surface area contributed by atoms with Crippen molar-refractivity contribution in [3.63, 3.8) is 0 Å². The number of aromatic nitrogens is 1. The highest BCUT2D eigenvalue weighted by Gasteiger charge is 2.25. The van der Waals surface area contributed by atoms with Crippen LogP contribution >= 0.6 is 0 Å². The lowest BCUT2D eigenvalue weighted by Crippen LogP contribution is -2.16. The first kappa shape index (κ1) is 17.5. The van der Waals surface area contributed by atoms with Crippen LogP contribution in [0.3, 0.4) is 0 Å². The summed E-state index contributed by atoms with van der Waals surface area (Å²) in [7, 11) is 0. The summed E-state index contributed by atoms with van der Waals surface area (Å²) < 4.78 is 6.15. The Balaban J connectivity index is 2.10. The lowest BCUT2D eigenvalue weighted by atomic mass is 9.80. The molecule has 0 radical (unpaired) electrons. The van der Waals surface area contributed by atoms with Crippen molar-refractivity contribution in [2.75, 3.05) is 0 Å². The van der Waals surface area contributed by atoms with E-state index in [9.17, 15) is 5.11 Å². The Bertz CT molecular complexity index is 891. The number of benzene rings is 2. The second-order valence-electron chi connectivity index (χ2n) is 8.82. The minimum Gasteiger partial charge on any atom is -0.508 e. The zero-order chi connectivity index (χ0) is 18.4. The fraction of sp³-hybridized carbons (Fsp3) is 0.409. The van der Waals surface area contributed by atoms with Gasteiger partial charge in [0, 0.05) is 12.0 Å². The summed E-state index contributed by atoms with van der Waals surface area (Å²) in [6.07, 6.45) is 0.614. The number of oxazole rings is 1. The van der Waals surface area contributed by atoms with Crippen LogP contribution in [-0.4, -0.2) is 10.1 Å². The monoisotopic (exact) mass is 337 g/mol. The molecule has 1 aromatic heterocycles. The molecule has 1 N–H and O–H groups in total. The quantitative estimate of drug-likeness (QED) is 0.650. The van der Waals surface area contributed by atoms with Crippen LogP contribution < -0.4 is 0 Å². The number of aromatic hydroxyl groups is 1. The standard InChI is InChI=1S/C22H27NO2/c1-21(2,3)15-12-17(22(4,5)6)20-18(13-15)23-19(25-20)11-14-7-9-16(24)10-8-14/h7-10,12-13,24H,11H2,1-6H3. The minimum atomic E-state index is -0.0190. The first-order valence-corrected chi connectivity index (χ1v) is 8.76. The summed E-state index contributed by atoms with van der Waals surface area (Å²) in [6.45, 7) is 13.3. The molecule has 3 rings (SSSR count). The van der Waals surface area contributed by atoms with E-state index < -0.39 is 0 Å². The lowest BCUT2D eigenvalue weighted by molar-refractivity contribution is 0.475. The molecule has 1 heterocycles. The topological polar surface area (TPSA) is 46.3 Å². The highest BCUT2D eigenvalue weighted by Crippen LogP contribution is 2.35. The second kappa shape index (κ2) is 5.91. The van der Waals surface area contributed by atoms with Crippen LogP contribution in [0.1, 0.15) is 64.1 Å². The maximum atomic E-state index is 9.43. The van der Waals surface area contributed by atoms with Gasteiger partial charge in [0.25, 0.3) is 0 Å². The fourth-order valence-corrected chi connectivity index (χ4v) is 2.93. The van der Waals surface area contributed by atoms with Crippen molar-refractivity contribution >= 4 is 11.1 Å². The Hall–Kier alpha value is -2.29. The highest BCUT2D eigenvalue weighted by molar-refractivity contribution is 5.79. The summed E-state index contributed by atoms with van der Waals surface area (Å²) in [5, 5.41) is 9.43. The molecule has 3 heteroatoms. The smallest absolute Gasteiger partial charge is 0.199 e. The average molecular weight is 337 g/mol. The first-order chi connectivity index (χ1) is 11.5. The molecule has 132 valence electrons. The molecular weight excluding hydrogens is 310 g/mol. The molecule has 0 bridgehead atoms. The maximum absolute atomic E-state index is 9.43. The maximum Gasteiger partial charge on any atom is 0.199 e. The zero-order valence-corrected chi connectivity index (χ0v) is 16.0. The van der Waals surface area contributed by atoms with Gasteiger partial charge in [0.2, 0.25) is 0 Å². The van der Waals surface area contributed by atoms with E-state index in [4.69, 9.17) is 9.40 Å². The van der Waals surface area contributed by atoms with Crippen LogP contribution in [0.25, 0.3) is 11.1 Å². The van der Waals surface area contributed by atoms with E-state index in [1.165, 1.54) is 11.1 Å². The van der Waals surface area contributed by atoms with Gasteiger partial charge in [0.1, 0.15) is 11.3 Å². The Labute approximate surface area is 149 Å². The molecule has 0 atom stereocenters. The van der Waals surface area contributed by atoms with Crippen molar-refractivity contribution in [2.45, 2.75) is 58.8 Å². The Morgan fingerprint density at radius 2 is 1.56 bits per heavy atom. The largest absolute Gasteiger partial charge is 0.508 e. The van der Waals surface area contributed by atoms with Crippen LogP contribution in [0, 0.1) is 0 Å². The van der Waals surface area contributed by atoms with E-state index in [-0.39, 0.29) is 16.6 Å². The fourth-order valence-electron chi connectivity index (χ4n) is 2.93. The van der Waals surface area contributed by atoms with Gasteiger partial charge in [-0.15, -0.1) is 0 Å². The molecule has 3 aromatic rings. The molecule has 0 aliphatic rings. The highest BCUT2D eigenvalue weighted by atomic mass is 16.3. The SMILES string of the molecule is CC(C)(C)c1cc(C(C)(C)C)c2oc(Cc3ccc(O)cc3)nc2c1. The lowest BCUT2D eigenvalue weighted by Gasteiger charge is -2.24. The van der Waals surface area contributed by atoms with Crippen LogP contribution in [0.4, 0.5) is 0 Å². The number of fused-ring (bicyclic) bond motifs is 1. The summed E-state index contributed by atoms with van der Waals surface area (Å²) in [6, 6.07) is 11.6. The average Bonchev–Trinajstić information content (AvgIpc) is 2.88. The van der Waals surface area contributed by atoms with Gasteiger partial charge in [0.05, 0.1) is 0 Å². The summed E-state index contributed by atoms with van der Waals surface area (Å²) in [4.78, 5) is 4.75. The minimum absolute atomic E-state index is 0.0190. The van der Waals surface area contributed by atoms with E-state index in [2.05, 4.69) is 53.7 Å². The van der Waals surface area contributed by atoms with Crippen LogP contribution in [0.5, 0.6) is 5.75 Å². The van der Waals surface area contributed by atoms with Gasteiger partial charge in [-0.25, -0.2) is 4.98 Å². The van der Waals surface area contributed by atoms with Gasteiger partial charge in [0.15, 0.2) is 11.5 Å². The molecule has 0 aliphatic heterocycles. The molecule has 0 unspecified atom stereocenters. The Morgan fingerprint density at radius 3 is 2.12 bits per heavy atom. The van der Waals surface area contributed by atoms with Gasteiger partial charge in [-0.3, -0.25) is 0 Å². The van der Waals surface area contributed by atoms with E-state index in [0.717, 1.165) is 16.7 Å². The number of hydrogen-bond acceptors (Lipinski definition) is 3. The molecule has 0 aliphatic carbocycles. The zero-order valence-electron chi connectivity index (χ0n) is 16.0. The first-order valence-electron chi connectivity index (χ1n) is 8.76. The molecule has 0 saturated heterocycles. The van der Waals surface area contributed by atoms with Gasteiger partial charge < -0.3 is 9.52 Å². The normalized spacial score (nSPS) is 12.7. The van der Waals surface area contributed by atoms with Crippen molar-refractivity contribution < 1.29 is 9.52 Å². The Morgan fingerprint density at radius 1 is 0.920 bits per heavy atom. The summed E-state index contributed by atoms with van der Waals surface area (Å²) >= 11 is 0. The molecule has 0 amide bonds. The molecule has 0 saturated carbocycles. The molecular formula is C22H27NO2. The van der Waals surface area contributed by atoms with E-state index >= 15 is 0 Å². The third-order valence-electron chi connectivity index (χ3n) is 4.50. The number of rotatable bonds is 2. The molecule has 2 aromatic carbocycles. The second-order valence-corrected chi connectivity index (χ2v) is 8.82. The number of phenolic OH excluding ortho intramolecular Hbond substituents is 1. The van der Waals surface area contributed by atoms with Crippen molar-refractivity contribution in [2.24, 2.45) is 0 Å². The van der Waals surface area contributed by atoms with Crippen molar-refractivity contribution in [3.8, 4) is 5.75 Å². The predicted octanol–water partition coefficient (Wildman–Crippen LogP) is 5.72. The third kappa shape index (κ3) is 3.71. The molecule has 0 spiro atoms. The predicted molar refractivity (Wildman–Crippen MR) is 102 cm³/mol. The van der Waals surface area contributed by atoms with Crippen molar-refractivity contribution in [1.29, 1.82) is 0 Å².